The summed E-state index contributed by atoms with van der Waals surface area (Å²) in [6.07, 6.45) is 6.24. The number of aromatic nitrogens is 1. The summed E-state index contributed by atoms with van der Waals surface area (Å²) in [6, 6.07) is 20.3. The normalized spacial score (nSPS) is 17.3. The number of hydrogen-bond acceptors (Lipinski definition) is 7. The van der Waals surface area contributed by atoms with Gasteiger partial charge in [-0.05, 0) is 78.4 Å². The van der Waals surface area contributed by atoms with Gasteiger partial charge in [0, 0.05) is 23.7 Å². The van der Waals surface area contributed by atoms with Crippen LogP contribution >= 0.6 is 0 Å². The third-order valence-electron chi connectivity index (χ3n) is 8.85. The van der Waals surface area contributed by atoms with Crippen LogP contribution in [0.25, 0.3) is 10.9 Å². The van der Waals surface area contributed by atoms with Gasteiger partial charge < -0.3 is 29.6 Å². The maximum atomic E-state index is 14.9. The van der Waals surface area contributed by atoms with E-state index in [0.29, 0.717) is 47.3 Å². The monoisotopic (exact) mass is 579 g/mol. The van der Waals surface area contributed by atoms with Crippen LogP contribution in [-0.4, -0.2) is 41.7 Å². The van der Waals surface area contributed by atoms with Crippen LogP contribution in [0.4, 0.5) is 0 Å². The quantitative estimate of drug-likeness (QED) is 0.315. The molecule has 1 fully saturated rings. The van der Waals surface area contributed by atoms with Gasteiger partial charge in [-0.2, -0.15) is 0 Å². The molecule has 3 heterocycles. The van der Waals surface area contributed by atoms with Gasteiger partial charge in [-0.15, -0.1) is 0 Å². The van der Waals surface area contributed by atoms with Crippen LogP contribution in [-0.2, 0) is 16.9 Å². The summed E-state index contributed by atoms with van der Waals surface area (Å²) >= 11 is 0. The lowest BCUT2D eigenvalue weighted by Crippen LogP contribution is -2.61. The standard InChI is InChI=1S/C34H33N3O6/c35-33(39)34(25-6-2-1-3-7-25,26-10-11-27-23(18-26)5-4-14-36-27)37(20-22-8-12-29-30(17-22)43-21-42-29)32(38)24-9-13-28-31(19-24)41-16-15-40-28/h4-5,8-14,17-19,25H,1-3,6-7,15-16,20-21H2,(H2,35,39). The number of hydrogen-bond donors (Lipinski definition) is 1. The highest BCUT2D eigenvalue weighted by Gasteiger charge is 2.53. The summed E-state index contributed by atoms with van der Waals surface area (Å²) in [7, 11) is 0. The minimum Gasteiger partial charge on any atom is -0.486 e. The van der Waals surface area contributed by atoms with E-state index in [-0.39, 0.29) is 25.2 Å². The Bertz CT molecular complexity index is 1700. The molecule has 2 N–H and O–H groups in total. The van der Waals surface area contributed by atoms with Crippen molar-refractivity contribution in [3.8, 4) is 23.0 Å². The molecule has 1 aliphatic carbocycles. The number of carbonyl (C=O) groups is 2. The van der Waals surface area contributed by atoms with Crippen LogP contribution in [0.3, 0.4) is 0 Å². The maximum absolute atomic E-state index is 14.9. The lowest BCUT2D eigenvalue weighted by Gasteiger charge is -2.48. The van der Waals surface area contributed by atoms with Crippen molar-refractivity contribution in [3.05, 3.63) is 89.6 Å². The molecule has 2 amide bonds. The number of primary amides is 1. The number of ether oxygens (including phenoxy) is 4. The molecule has 220 valence electrons. The lowest BCUT2D eigenvalue weighted by molar-refractivity contribution is -0.135. The summed E-state index contributed by atoms with van der Waals surface area (Å²) in [6.45, 7) is 1.09. The van der Waals surface area contributed by atoms with Crippen LogP contribution in [0, 0.1) is 5.92 Å². The Balaban J connectivity index is 1.43. The zero-order chi connectivity index (χ0) is 29.4. The van der Waals surface area contributed by atoms with Crippen LogP contribution in [0.15, 0.2) is 72.9 Å². The second-order valence-electron chi connectivity index (χ2n) is 11.3. The highest BCUT2D eigenvalue weighted by molar-refractivity contribution is 6.00. The number of amides is 2. The number of carbonyl (C=O) groups excluding carboxylic acids is 2. The zero-order valence-electron chi connectivity index (χ0n) is 23.8. The topological polar surface area (TPSA) is 113 Å². The molecular weight excluding hydrogens is 546 g/mol. The van der Waals surface area contributed by atoms with Crippen molar-refractivity contribution in [3.63, 3.8) is 0 Å². The van der Waals surface area contributed by atoms with E-state index in [2.05, 4.69) is 4.98 Å². The fourth-order valence-corrected chi connectivity index (χ4v) is 6.83. The van der Waals surface area contributed by atoms with Gasteiger partial charge in [0.2, 0.25) is 12.7 Å². The van der Waals surface area contributed by atoms with Crippen LogP contribution in [0.2, 0.25) is 0 Å². The minimum absolute atomic E-state index is 0.119. The van der Waals surface area contributed by atoms with E-state index in [4.69, 9.17) is 24.7 Å². The molecule has 0 spiro atoms. The summed E-state index contributed by atoms with van der Waals surface area (Å²) in [5.41, 5.74) is 7.73. The molecule has 0 bridgehead atoms. The second kappa shape index (κ2) is 11.1. The Morgan fingerprint density at radius 2 is 1.58 bits per heavy atom. The van der Waals surface area contributed by atoms with Gasteiger partial charge in [0.05, 0.1) is 5.52 Å². The molecule has 0 saturated heterocycles. The van der Waals surface area contributed by atoms with Crippen molar-refractivity contribution < 1.29 is 28.5 Å². The van der Waals surface area contributed by atoms with E-state index in [1.165, 1.54) is 0 Å². The minimum atomic E-state index is -1.44. The summed E-state index contributed by atoms with van der Waals surface area (Å²) in [5.74, 6) is 1.25. The molecule has 9 nitrogen and oxygen atoms in total. The Morgan fingerprint density at radius 3 is 2.42 bits per heavy atom. The Kier molecular flexibility index (Phi) is 7.01. The summed E-state index contributed by atoms with van der Waals surface area (Å²) < 4.78 is 22.7. The summed E-state index contributed by atoms with van der Waals surface area (Å²) in [4.78, 5) is 35.2. The highest BCUT2D eigenvalue weighted by Crippen LogP contribution is 2.46. The molecule has 0 radical (unpaired) electrons. The van der Waals surface area contributed by atoms with Crippen LogP contribution in [0.1, 0.15) is 53.6 Å². The van der Waals surface area contributed by atoms with Gasteiger partial charge in [-0.25, -0.2) is 0 Å². The molecule has 7 rings (SSSR count). The molecule has 3 aliphatic rings. The van der Waals surface area contributed by atoms with Crippen LogP contribution < -0.4 is 24.7 Å². The number of nitrogens with two attached hydrogens (primary N) is 1. The average Bonchev–Trinajstić information content (AvgIpc) is 3.52. The first-order valence-corrected chi connectivity index (χ1v) is 14.8. The van der Waals surface area contributed by atoms with Gasteiger partial charge in [0.25, 0.3) is 5.91 Å². The number of pyridine rings is 1. The molecule has 43 heavy (non-hydrogen) atoms. The van der Waals surface area contributed by atoms with Crippen molar-refractivity contribution in [2.45, 2.75) is 44.2 Å². The average molecular weight is 580 g/mol. The van der Waals surface area contributed by atoms with Crippen molar-refractivity contribution in [1.82, 2.24) is 9.88 Å². The van der Waals surface area contributed by atoms with Crippen molar-refractivity contribution in [1.29, 1.82) is 0 Å². The van der Waals surface area contributed by atoms with Gasteiger partial charge >= 0.3 is 0 Å². The fraction of sp³-hybridized carbons (Fsp3) is 0.324. The van der Waals surface area contributed by atoms with Crippen molar-refractivity contribution in [2.24, 2.45) is 11.7 Å². The first-order chi connectivity index (χ1) is 21.0. The maximum Gasteiger partial charge on any atom is 0.255 e. The molecule has 1 atom stereocenters. The predicted octanol–water partition coefficient (Wildman–Crippen LogP) is 5.34. The van der Waals surface area contributed by atoms with Gasteiger partial charge in [0.1, 0.15) is 18.8 Å². The first-order valence-electron chi connectivity index (χ1n) is 14.8. The summed E-state index contributed by atoms with van der Waals surface area (Å²) in [5, 5.41) is 0.872. The van der Waals surface area contributed by atoms with E-state index >= 15 is 0 Å². The number of nitrogens with zero attached hydrogens (tertiary/aromatic N) is 2. The van der Waals surface area contributed by atoms with E-state index in [1.54, 1.807) is 29.3 Å². The third-order valence-corrected chi connectivity index (χ3v) is 8.85. The molecule has 3 aromatic carbocycles. The SMILES string of the molecule is NC(=O)C(c1ccc2ncccc2c1)(C1CCCCC1)N(Cc1ccc2c(c1)OCO2)C(=O)c1ccc2c(c1)OCCO2. The number of benzene rings is 3. The Morgan fingerprint density at radius 1 is 0.837 bits per heavy atom. The number of rotatable bonds is 7. The smallest absolute Gasteiger partial charge is 0.255 e. The van der Waals surface area contributed by atoms with E-state index in [1.807, 2.05) is 48.5 Å². The van der Waals surface area contributed by atoms with Gasteiger partial charge in [-0.1, -0.05) is 37.5 Å². The third kappa shape index (κ3) is 4.78. The Labute approximate surface area is 249 Å². The molecule has 1 unspecified atom stereocenters. The molecule has 4 aromatic rings. The van der Waals surface area contributed by atoms with Gasteiger partial charge in [0.15, 0.2) is 23.0 Å². The molecule has 9 heteroatoms. The molecule has 2 aliphatic heterocycles. The predicted molar refractivity (Wildman–Crippen MR) is 159 cm³/mol. The van der Waals surface area contributed by atoms with E-state index in [9.17, 15) is 9.59 Å². The Hall–Kier alpha value is -4.79. The van der Waals surface area contributed by atoms with Crippen molar-refractivity contribution >= 4 is 22.7 Å². The van der Waals surface area contributed by atoms with Gasteiger partial charge in [-0.3, -0.25) is 14.6 Å². The second-order valence-corrected chi connectivity index (χ2v) is 11.3. The lowest BCUT2D eigenvalue weighted by atomic mass is 9.68. The molecule has 1 aromatic heterocycles. The molecular formula is C34H33N3O6. The van der Waals surface area contributed by atoms with E-state index in [0.717, 1.165) is 48.6 Å². The number of fused-ring (bicyclic) bond motifs is 3. The zero-order valence-corrected chi connectivity index (χ0v) is 23.8. The molecule has 1 saturated carbocycles. The first kappa shape index (κ1) is 27.1. The highest BCUT2D eigenvalue weighted by atomic mass is 16.7. The van der Waals surface area contributed by atoms with Crippen LogP contribution in [0.5, 0.6) is 23.0 Å². The largest absolute Gasteiger partial charge is 0.486 e. The fourth-order valence-electron chi connectivity index (χ4n) is 6.83. The van der Waals surface area contributed by atoms with E-state index < -0.39 is 11.4 Å². The van der Waals surface area contributed by atoms with Crippen molar-refractivity contribution in [2.75, 3.05) is 20.0 Å².